The maximum Gasteiger partial charge on any atom is 0.260 e. The predicted octanol–water partition coefficient (Wildman–Crippen LogP) is 4.56. The highest BCUT2D eigenvalue weighted by Crippen LogP contribution is 2.40. The van der Waals surface area contributed by atoms with Crippen molar-refractivity contribution < 1.29 is 23.7 Å². The lowest BCUT2D eigenvalue weighted by Gasteiger charge is -2.20. The third-order valence-corrected chi connectivity index (χ3v) is 6.29. The molecule has 2 aromatic carbocycles. The number of benzene rings is 2. The Morgan fingerprint density at radius 2 is 1.78 bits per heavy atom. The molecule has 0 radical (unpaired) electrons. The van der Waals surface area contributed by atoms with Gasteiger partial charge in [0.15, 0.2) is 23.0 Å². The van der Waals surface area contributed by atoms with Crippen molar-refractivity contribution in [1.29, 1.82) is 0 Å². The number of carbonyl (C=O) groups is 1. The molecule has 2 aliphatic rings. The van der Waals surface area contributed by atoms with Crippen molar-refractivity contribution in [1.82, 2.24) is 4.90 Å². The topological polar surface area (TPSA) is 69.3 Å². The van der Waals surface area contributed by atoms with Gasteiger partial charge in [-0.3, -0.25) is 4.79 Å². The number of nitrogens with zero attached hydrogens (tertiary/aromatic N) is 1. The van der Waals surface area contributed by atoms with Crippen LogP contribution in [0.2, 0.25) is 0 Å². The number of amides is 1. The first kappa shape index (κ1) is 22.3. The maximum absolute atomic E-state index is 13.5. The fourth-order valence-corrected chi connectivity index (χ4v) is 4.29. The molecule has 2 aliphatic heterocycles. The van der Waals surface area contributed by atoms with Crippen molar-refractivity contribution in [2.75, 3.05) is 45.1 Å². The van der Waals surface area contributed by atoms with Gasteiger partial charge in [-0.2, -0.15) is 0 Å². The monoisotopic (exact) mass is 502 g/mol. The van der Waals surface area contributed by atoms with Crippen LogP contribution in [0.5, 0.6) is 23.0 Å². The number of halogens is 1. The van der Waals surface area contributed by atoms with Crippen LogP contribution in [0.25, 0.3) is 5.57 Å². The molecule has 0 fully saturated rings. The number of carbonyl (C=O) groups excluding carboxylic acids is 1. The van der Waals surface area contributed by atoms with Crippen molar-refractivity contribution in [3.63, 3.8) is 0 Å². The second-order valence-corrected chi connectivity index (χ2v) is 8.41. The molecule has 32 heavy (non-hydrogen) atoms. The van der Waals surface area contributed by atoms with Gasteiger partial charge in [0.1, 0.15) is 0 Å². The second kappa shape index (κ2) is 9.73. The van der Waals surface area contributed by atoms with E-state index in [1.165, 1.54) is 0 Å². The molecular formula is C24H27BrN2O5. The van der Waals surface area contributed by atoms with Crippen LogP contribution in [0.15, 0.2) is 36.5 Å². The molecule has 4 rings (SSSR count). The van der Waals surface area contributed by atoms with Crippen LogP contribution in [0.1, 0.15) is 28.8 Å². The van der Waals surface area contributed by atoms with Crippen LogP contribution < -0.4 is 24.3 Å². The molecular weight excluding hydrogens is 476 g/mol. The van der Waals surface area contributed by atoms with Crippen LogP contribution >= 0.6 is 15.9 Å². The summed E-state index contributed by atoms with van der Waals surface area (Å²) in [6.45, 7) is 1.21. The summed E-state index contributed by atoms with van der Waals surface area (Å²) in [5.41, 5.74) is 3.43. The third-order valence-electron chi connectivity index (χ3n) is 5.73. The van der Waals surface area contributed by atoms with Crippen molar-refractivity contribution in [3.05, 3.63) is 47.7 Å². The molecule has 1 N–H and O–H groups in total. The minimum absolute atomic E-state index is 0.0155. The normalized spacial score (nSPS) is 17.0. The zero-order chi connectivity index (χ0) is 22.7. The van der Waals surface area contributed by atoms with Gasteiger partial charge < -0.3 is 29.2 Å². The van der Waals surface area contributed by atoms with Crippen LogP contribution in [-0.2, 0) is 0 Å². The fourth-order valence-electron chi connectivity index (χ4n) is 4.06. The highest BCUT2D eigenvalue weighted by Gasteiger charge is 2.35. The molecule has 0 unspecified atom stereocenters. The number of hydrogen-bond donors (Lipinski definition) is 1. The van der Waals surface area contributed by atoms with Gasteiger partial charge in [-0.15, -0.1) is 0 Å². The largest absolute Gasteiger partial charge is 0.493 e. The summed E-state index contributed by atoms with van der Waals surface area (Å²) < 4.78 is 22.2. The van der Waals surface area contributed by atoms with E-state index in [0.29, 0.717) is 41.7 Å². The van der Waals surface area contributed by atoms with Gasteiger partial charge in [0.05, 0.1) is 45.2 Å². The lowest BCUT2D eigenvalue weighted by molar-refractivity contribution is 0.0796. The van der Waals surface area contributed by atoms with Gasteiger partial charge in [0.25, 0.3) is 5.91 Å². The summed E-state index contributed by atoms with van der Waals surface area (Å²) in [5, 5.41) is 4.30. The number of hydrogen-bond acceptors (Lipinski definition) is 6. The van der Waals surface area contributed by atoms with Crippen LogP contribution in [0.4, 0.5) is 5.69 Å². The van der Waals surface area contributed by atoms with Crippen LogP contribution in [0, 0.1) is 0 Å². The van der Waals surface area contributed by atoms with Crippen molar-refractivity contribution >= 4 is 33.1 Å². The Bertz CT molecular complexity index is 1040. The maximum atomic E-state index is 13.5. The molecule has 0 bridgehead atoms. The lowest BCUT2D eigenvalue weighted by Crippen LogP contribution is -2.34. The van der Waals surface area contributed by atoms with Crippen LogP contribution in [-0.4, -0.2) is 56.7 Å². The first-order chi connectivity index (χ1) is 15.6. The number of fused-ring (bicyclic) bond motifs is 2. The Morgan fingerprint density at radius 1 is 1.03 bits per heavy atom. The molecule has 0 saturated carbocycles. The molecule has 0 aliphatic carbocycles. The quantitative estimate of drug-likeness (QED) is 0.421. The van der Waals surface area contributed by atoms with Crippen LogP contribution in [0.3, 0.4) is 0 Å². The molecule has 2 heterocycles. The van der Waals surface area contributed by atoms with Gasteiger partial charge in [0.2, 0.25) is 0 Å². The van der Waals surface area contributed by atoms with E-state index >= 15 is 0 Å². The van der Waals surface area contributed by atoms with E-state index in [4.69, 9.17) is 18.9 Å². The zero-order valence-corrected chi connectivity index (χ0v) is 20.0. The number of methoxy groups -OCH3 is 3. The summed E-state index contributed by atoms with van der Waals surface area (Å²) in [5.74, 6) is 2.47. The second-order valence-electron chi connectivity index (χ2n) is 7.62. The molecule has 0 spiro atoms. The molecule has 1 amide bonds. The van der Waals surface area contributed by atoms with Crippen molar-refractivity contribution in [3.8, 4) is 23.0 Å². The number of nitrogens with one attached hydrogen (secondary N) is 1. The van der Waals surface area contributed by atoms with Crippen molar-refractivity contribution in [2.45, 2.75) is 18.9 Å². The Kier molecular flexibility index (Phi) is 6.79. The molecule has 0 aromatic heterocycles. The molecule has 8 heteroatoms. The van der Waals surface area contributed by atoms with E-state index in [0.717, 1.165) is 35.0 Å². The zero-order valence-electron chi connectivity index (χ0n) is 18.4. The fraction of sp³-hybridized carbons (Fsp3) is 0.375. The number of ether oxygens (including phenoxy) is 4. The SMILES string of the molecule is COc1ccc(C2=CN3C(=O)c4cc(OC)c(OCCCBr)cc4NC[C@@H]3C2)cc1OC. The Hall–Kier alpha value is -2.87. The third kappa shape index (κ3) is 4.24. The molecule has 0 saturated heterocycles. The molecule has 1 atom stereocenters. The first-order valence-corrected chi connectivity index (χ1v) is 11.6. The minimum atomic E-state index is -0.0595. The number of anilines is 1. The number of alkyl halides is 1. The predicted molar refractivity (Wildman–Crippen MR) is 127 cm³/mol. The Balaban J connectivity index is 1.63. The number of rotatable bonds is 8. The van der Waals surface area contributed by atoms with Gasteiger partial charge in [-0.25, -0.2) is 0 Å². The standard InChI is InChI=1S/C24H27BrN2O5/c1-29-20-6-5-15(10-21(20)30-2)16-9-17-13-26-19-12-23(32-8-4-7-25)22(31-3)11-18(19)24(28)27(17)14-16/h5-6,10-12,14,17,26H,4,7-9,13H2,1-3H3/t17-/m0/s1. The molecule has 7 nitrogen and oxygen atoms in total. The van der Waals surface area contributed by atoms with Gasteiger partial charge in [-0.05, 0) is 42.2 Å². The Morgan fingerprint density at radius 3 is 2.50 bits per heavy atom. The molecule has 170 valence electrons. The van der Waals surface area contributed by atoms with E-state index in [9.17, 15) is 4.79 Å². The first-order valence-electron chi connectivity index (χ1n) is 10.5. The van der Waals surface area contributed by atoms with E-state index in [1.54, 1.807) is 27.4 Å². The van der Waals surface area contributed by atoms with Gasteiger partial charge in [0, 0.05) is 24.1 Å². The van der Waals surface area contributed by atoms with Gasteiger partial charge >= 0.3 is 0 Å². The van der Waals surface area contributed by atoms with E-state index in [1.807, 2.05) is 35.4 Å². The van der Waals surface area contributed by atoms with E-state index < -0.39 is 0 Å². The Labute approximate surface area is 196 Å². The van der Waals surface area contributed by atoms with E-state index in [2.05, 4.69) is 21.2 Å². The summed E-state index contributed by atoms with van der Waals surface area (Å²) >= 11 is 3.41. The minimum Gasteiger partial charge on any atom is -0.493 e. The summed E-state index contributed by atoms with van der Waals surface area (Å²) in [4.78, 5) is 15.3. The average Bonchev–Trinajstić information content (AvgIpc) is 3.21. The van der Waals surface area contributed by atoms with Crippen molar-refractivity contribution in [2.24, 2.45) is 0 Å². The van der Waals surface area contributed by atoms with Gasteiger partial charge in [-0.1, -0.05) is 22.0 Å². The highest BCUT2D eigenvalue weighted by molar-refractivity contribution is 9.09. The highest BCUT2D eigenvalue weighted by atomic mass is 79.9. The summed E-state index contributed by atoms with van der Waals surface area (Å²) in [7, 11) is 4.82. The average molecular weight is 503 g/mol. The summed E-state index contributed by atoms with van der Waals surface area (Å²) in [6, 6.07) is 9.46. The lowest BCUT2D eigenvalue weighted by atomic mass is 10.0. The smallest absolute Gasteiger partial charge is 0.260 e. The molecule has 2 aromatic rings. The summed E-state index contributed by atoms with van der Waals surface area (Å²) in [6.07, 6.45) is 3.57. The van der Waals surface area contributed by atoms with E-state index in [-0.39, 0.29) is 11.9 Å².